The summed E-state index contributed by atoms with van der Waals surface area (Å²) in [5.41, 5.74) is 0. The van der Waals surface area contributed by atoms with E-state index in [1.54, 1.807) is 0 Å². The molecule has 0 bridgehead atoms. The Bertz CT molecular complexity index is 113. The molecule has 0 heterocycles. The molecule has 66 valence electrons. The van der Waals surface area contributed by atoms with Crippen LogP contribution in [0.3, 0.4) is 0 Å². The predicted octanol–water partition coefficient (Wildman–Crippen LogP) is 2.65. The molecule has 1 N–H and O–H groups in total. The number of allylic oxidation sites excluding steroid dienone is 2. The van der Waals surface area contributed by atoms with E-state index in [-0.39, 0.29) is 0 Å². The van der Waals surface area contributed by atoms with Gasteiger partial charge in [-0.2, -0.15) is 0 Å². The van der Waals surface area contributed by atoms with E-state index in [4.69, 9.17) is 5.11 Å². The largest absolute Gasteiger partial charge is 0.396 e. The van der Waals surface area contributed by atoms with E-state index in [1.807, 2.05) is 0 Å². The summed E-state index contributed by atoms with van der Waals surface area (Å²) in [6.07, 6.45) is 6.39. The molecule has 0 spiro atoms. The Hall–Kier alpha value is -0.0831. The van der Waals surface area contributed by atoms with Crippen molar-refractivity contribution in [1.29, 1.82) is 0 Å². The Morgan fingerprint density at radius 3 is 2.27 bits per heavy atom. The molecule has 0 saturated carbocycles. The molecule has 0 saturated heterocycles. The summed E-state index contributed by atoms with van der Waals surface area (Å²) in [6, 6.07) is 1.26. The first-order chi connectivity index (χ1) is 5.06. The molecule has 0 rings (SSSR count). The van der Waals surface area contributed by atoms with E-state index in [1.165, 1.54) is 6.04 Å². The second kappa shape index (κ2) is 5.55. The quantitative estimate of drug-likeness (QED) is 0.384. The Labute approximate surface area is 71.1 Å². The van der Waals surface area contributed by atoms with Gasteiger partial charge in [0.05, 0.1) is 0 Å². The van der Waals surface area contributed by atoms with Gasteiger partial charge in [0.25, 0.3) is 0 Å². The second-order valence-electron chi connectivity index (χ2n) is 4.10. The van der Waals surface area contributed by atoms with Gasteiger partial charge in [-0.1, -0.05) is 31.8 Å². The number of aliphatic hydroxyl groups excluding tert-OH is 1. The van der Waals surface area contributed by atoms with Crippen molar-refractivity contribution in [2.75, 3.05) is 6.61 Å². The number of aliphatic hydroxyl groups is 1. The van der Waals surface area contributed by atoms with Crippen molar-refractivity contribution in [2.24, 2.45) is 0 Å². The maximum absolute atomic E-state index is 8.50. The maximum Gasteiger partial charge on any atom is 0.0480 e. The average molecular weight is 172 g/mol. The molecule has 0 unspecified atom stereocenters. The van der Waals surface area contributed by atoms with Gasteiger partial charge in [-0.25, -0.2) is 0 Å². The molecular formula is C9H20OSi. The molecule has 0 aliphatic heterocycles. The normalized spacial score (nSPS) is 12.7. The van der Waals surface area contributed by atoms with E-state index in [0.717, 1.165) is 12.8 Å². The first-order valence-corrected chi connectivity index (χ1v) is 8.03. The van der Waals surface area contributed by atoms with E-state index >= 15 is 0 Å². The van der Waals surface area contributed by atoms with Crippen LogP contribution in [0.2, 0.25) is 25.7 Å². The highest BCUT2D eigenvalue weighted by atomic mass is 28.3. The lowest BCUT2D eigenvalue weighted by molar-refractivity contribution is 0.289. The van der Waals surface area contributed by atoms with Gasteiger partial charge >= 0.3 is 0 Å². The molecule has 11 heavy (non-hydrogen) atoms. The lowest BCUT2D eigenvalue weighted by Gasteiger charge is -2.11. The molecule has 0 fully saturated rings. The molecule has 0 atom stereocenters. The van der Waals surface area contributed by atoms with Gasteiger partial charge in [0.15, 0.2) is 0 Å². The van der Waals surface area contributed by atoms with Crippen molar-refractivity contribution in [3.63, 3.8) is 0 Å². The number of hydrogen-bond donors (Lipinski definition) is 1. The molecule has 0 aromatic heterocycles. The smallest absolute Gasteiger partial charge is 0.0480 e. The van der Waals surface area contributed by atoms with Crippen LogP contribution in [0, 0.1) is 0 Å². The predicted molar refractivity (Wildman–Crippen MR) is 53.6 cm³/mol. The van der Waals surface area contributed by atoms with Gasteiger partial charge in [0, 0.05) is 14.7 Å². The van der Waals surface area contributed by atoms with Crippen LogP contribution < -0.4 is 0 Å². The van der Waals surface area contributed by atoms with E-state index < -0.39 is 8.07 Å². The highest BCUT2D eigenvalue weighted by molar-refractivity contribution is 6.76. The van der Waals surface area contributed by atoms with Crippen molar-refractivity contribution in [2.45, 2.75) is 38.5 Å². The first-order valence-electron chi connectivity index (χ1n) is 4.32. The van der Waals surface area contributed by atoms with Crippen LogP contribution in [0.25, 0.3) is 0 Å². The van der Waals surface area contributed by atoms with Gasteiger partial charge < -0.3 is 5.11 Å². The van der Waals surface area contributed by atoms with Gasteiger partial charge in [-0.3, -0.25) is 0 Å². The molecule has 1 nitrogen and oxygen atoms in total. The maximum atomic E-state index is 8.50. The van der Waals surface area contributed by atoms with Crippen LogP contribution in [0.15, 0.2) is 12.2 Å². The van der Waals surface area contributed by atoms with Crippen LogP contribution in [0.4, 0.5) is 0 Å². The molecule has 2 heteroatoms. The van der Waals surface area contributed by atoms with Crippen molar-refractivity contribution in [1.82, 2.24) is 0 Å². The van der Waals surface area contributed by atoms with E-state index in [9.17, 15) is 0 Å². The molecule has 0 aromatic rings. The zero-order valence-electron chi connectivity index (χ0n) is 7.93. The average Bonchev–Trinajstić information content (AvgIpc) is 1.85. The van der Waals surface area contributed by atoms with Gasteiger partial charge in [0.1, 0.15) is 0 Å². The second-order valence-corrected chi connectivity index (χ2v) is 9.63. The SMILES string of the molecule is C[Si](C)(C)C/C=C\CCCO. The monoisotopic (exact) mass is 172 g/mol. The highest BCUT2D eigenvalue weighted by Crippen LogP contribution is 2.08. The first kappa shape index (κ1) is 10.9. The minimum Gasteiger partial charge on any atom is -0.396 e. The van der Waals surface area contributed by atoms with Crippen molar-refractivity contribution in [3.8, 4) is 0 Å². The van der Waals surface area contributed by atoms with Gasteiger partial charge in [0.2, 0.25) is 0 Å². The zero-order chi connectivity index (χ0) is 8.74. The van der Waals surface area contributed by atoms with Crippen LogP contribution in [0.1, 0.15) is 12.8 Å². The summed E-state index contributed by atoms with van der Waals surface area (Å²) in [7, 11) is -0.867. The van der Waals surface area contributed by atoms with Crippen molar-refractivity contribution >= 4 is 8.07 Å². The van der Waals surface area contributed by atoms with Crippen LogP contribution in [-0.4, -0.2) is 19.8 Å². The summed E-state index contributed by atoms with van der Waals surface area (Å²) in [4.78, 5) is 0. The van der Waals surface area contributed by atoms with Crippen molar-refractivity contribution < 1.29 is 5.11 Å². The van der Waals surface area contributed by atoms with Crippen LogP contribution in [0.5, 0.6) is 0 Å². The van der Waals surface area contributed by atoms with Crippen molar-refractivity contribution in [3.05, 3.63) is 12.2 Å². The summed E-state index contributed by atoms with van der Waals surface area (Å²) in [6.45, 7) is 7.41. The Kier molecular flexibility index (Phi) is 5.51. The minimum absolute atomic E-state index is 0.317. The Morgan fingerprint density at radius 1 is 1.18 bits per heavy atom. The fourth-order valence-corrected chi connectivity index (χ4v) is 1.64. The molecular weight excluding hydrogens is 152 g/mol. The fraction of sp³-hybridized carbons (Fsp3) is 0.778. The van der Waals surface area contributed by atoms with E-state index in [0.29, 0.717) is 6.61 Å². The molecule has 0 amide bonds. The van der Waals surface area contributed by atoms with Crippen LogP contribution in [-0.2, 0) is 0 Å². The van der Waals surface area contributed by atoms with E-state index in [2.05, 4.69) is 31.8 Å². The topological polar surface area (TPSA) is 20.2 Å². The molecule has 0 aliphatic carbocycles. The number of unbranched alkanes of at least 4 members (excludes halogenated alkanes) is 1. The standard InChI is InChI=1S/C9H20OSi/c1-11(2,3)9-7-5-4-6-8-10/h5,7,10H,4,6,8-9H2,1-3H3/b7-5-. The van der Waals surface area contributed by atoms with Gasteiger partial charge in [-0.05, 0) is 18.9 Å². The summed E-state index contributed by atoms with van der Waals surface area (Å²) in [5, 5.41) is 8.50. The Balaban J connectivity index is 3.30. The zero-order valence-corrected chi connectivity index (χ0v) is 8.93. The third-order valence-corrected chi connectivity index (χ3v) is 2.89. The fourth-order valence-electron chi connectivity index (χ4n) is 0.764. The lowest BCUT2D eigenvalue weighted by atomic mass is 10.3. The summed E-state index contributed by atoms with van der Waals surface area (Å²) >= 11 is 0. The van der Waals surface area contributed by atoms with Crippen LogP contribution >= 0.6 is 0 Å². The summed E-state index contributed by atoms with van der Waals surface area (Å²) < 4.78 is 0. The molecule has 0 radical (unpaired) electrons. The Morgan fingerprint density at radius 2 is 1.82 bits per heavy atom. The number of rotatable bonds is 5. The summed E-state index contributed by atoms with van der Waals surface area (Å²) in [5.74, 6) is 0. The number of hydrogen-bond acceptors (Lipinski definition) is 1. The third kappa shape index (κ3) is 9.92. The minimum atomic E-state index is -0.867. The molecule has 0 aliphatic rings. The highest BCUT2D eigenvalue weighted by Gasteiger charge is 2.08. The third-order valence-electron chi connectivity index (χ3n) is 1.43. The molecule has 0 aromatic carbocycles. The lowest BCUT2D eigenvalue weighted by Crippen LogP contribution is -2.17. The van der Waals surface area contributed by atoms with Gasteiger partial charge in [-0.15, -0.1) is 0 Å².